The van der Waals surface area contributed by atoms with Crippen molar-refractivity contribution in [2.24, 2.45) is 0 Å². The molecule has 0 spiro atoms. The predicted molar refractivity (Wildman–Crippen MR) is 76.5 cm³/mol. The highest BCUT2D eigenvalue weighted by Crippen LogP contribution is 2.27. The first kappa shape index (κ1) is 12.8. The highest BCUT2D eigenvalue weighted by Gasteiger charge is 2.10. The van der Waals surface area contributed by atoms with Gasteiger partial charge in [0.25, 0.3) is 0 Å². The van der Waals surface area contributed by atoms with E-state index in [0.717, 1.165) is 22.0 Å². The molecule has 18 heavy (non-hydrogen) atoms. The van der Waals surface area contributed by atoms with Gasteiger partial charge < -0.3 is 10.1 Å². The molecule has 0 saturated heterocycles. The zero-order valence-electron chi connectivity index (χ0n) is 10.5. The topological polar surface area (TPSA) is 21.3 Å². The number of benzene rings is 2. The van der Waals surface area contributed by atoms with Gasteiger partial charge >= 0.3 is 0 Å². The van der Waals surface area contributed by atoms with E-state index in [9.17, 15) is 0 Å². The molecule has 2 aromatic carbocycles. The van der Waals surface area contributed by atoms with E-state index >= 15 is 0 Å². The van der Waals surface area contributed by atoms with E-state index in [4.69, 9.17) is 16.3 Å². The van der Waals surface area contributed by atoms with Crippen LogP contribution in [0.15, 0.2) is 48.5 Å². The van der Waals surface area contributed by atoms with Crippen LogP contribution in [0, 0.1) is 0 Å². The summed E-state index contributed by atoms with van der Waals surface area (Å²) in [6.07, 6.45) is 0. The Morgan fingerprint density at radius 3 is 2.39 bits per heavy atom. The minimum Gasteiger partial charge on any atom is -0.496 e. The highest BCUT2D eigenvalue weighted by molar-refractivity contribution is 6.30. The molecule has 3 heteroatoms. The van der Waals surface area contributed by atoms with Gasteiger partial charge in [0.2, 0.25) is 0 Å². The second-order valence-corrected chi connectivity index (χ2v) is 4.55. The first-order chi connectivity index (χ1) is 8.70. The van der Waals surface area contributed by atoms with Crippen LogP contribution in [0.2, 0.25) is 5.02 Å². The number of ether oxygens (including phenoxy) is 1. The van der Waals surface area contributed by atoms with Crippen LogP contribution in [0.3, 0.4) is 0 Å². The van der Waals surface area contributed by atoms with Crippen molar-refractivity contribution in [3.8, 4) is 5.75 Å². The molecule has 0 fully saturated rings. The molecule has 0 aromatic heterocycles. The molecule has 94 valence electrons. The van der Waals surface area contributed by atoms with Crippen molar-refractivity contribution in [1.29, 1.82) is 0 Å². The highest BCUT2D eigenvalue weighted by atomic mass is 35.5. The quantitative estimate of drug-likeness (QED) is 0.874. The Morgan fingerprint density at radius 2 is 1.72 bits per heavy atom. The molecule has 0 heterocycles. The number of anilines is 1. The maximum absolute atomic E-state index is 5.87. The van der Waals surface area contributed by atoms with Crippen LogP contribution in [-0.4, -0.2) is 7.11 Å². The van der Waals surface area contributed by atoms with Gasteiger partial charge in [0.1, 0.15) is 5.75 Å². The van der Waals surface area contributed by atoms with Crippen molar-refractivity contribution in [1.82, 2.24) is 0 Å². The third kappa shape index (κ3) is 2.96. The number of rotatable bonds is 4. The van der Waals surface area contributed by atoms with Crippen LogP contribution in [0.5, 0.6) is 5.75 Å². The Hall–Kier alpha value is -1.67. The number of methoxy groups -OCH3 is 1. The second-order valence-electron chi connectivity index (χ2n) is 4.11. The van der Waals surface area contributed by atoms with Crippen molar-refractivity contribution >= 4 is 17.3 Å². The molecule has 0 radical (unpaired) electrons. The smallest absolute Gasteiger partial charge is 0.124 e. The molecular formula is C15H16ClNO. The monoisotopic (exact) mass is 261 g/mol. The fraction of sp³-hybridized carbons (Fsp3) is 0.200. The summed E-state index contributed by atoms with van der Waals surface area (Å²) in [6.45, 7) is 2.10. The summed E-state index contributed by atoms with van der Waals surface area (Å²) in [5, 5.41) is 4.16. The third-order valence-corrected chi connectivity index (χ3v) is 3.08. The van der Waals surface area contributed by atoms with E-state index in [1.165, 1.54) is 0 Å². The third-order valence-electron chi connectivity index (χ3n) is 2.83. The summed E-state index contributed by atoms with van der Waals surface area (Å²) in [5.41, 5.74) is 2.17. The Labute approximate surface area is 113 Å². The van der Waals surface area contributed by atoms with Crippen molar-refractivity contribution in [3.05, 3.63) is 59.1 Å². The van der Waals surface area contributed by atoms with E-state index in [1.807, 2.05) is 42.5 Å². The molecular weight excluding hydrogens is 246 g/mol. The maximum Gasteiger partial charge on any atom is 0.124 e. The molecule has 1 unspecified atom stereocenters. The average molecular weight is 262 g/mol. The van der Waals surface area contributed by atoms with Crippen LogP contribution in [0.4, 0.5) is 5.69 Å². The molecule has 1 atom stereocenters. The molecule has 2 rings (SSSR count). The van der Waals surface area contributed by atoms with Crippen molar-refractivity contribution < 1.29 is 4.74 Å². The lowest BCUT2D eigenvalue weighted by atomic mass is 10.1. The Bertz CT molecular complexity index is 510. The maximum atomic E-state index is 5.87. The largest absolute Gasteiger partial charge is 0.496 e. The summed E-state index contributed by atoms with van der Waals surface area (Å²) >= 11 is 5.87. The number of para-hydroxylation sites is 1. The van der Waals surface area contributed by atoms with Gasteiger partial charge in [-0.3, -0.25) is 0 Å². The van der Waals surface area contributed by atoms with Crippen molar-refractivity contribution in [2.45, 2.75) is 13.0 Å². The van der Waals surface area contributed by atoms with E-state index in [-0.39, 0.29) is 6.04 Å². The van der Waals surface area contributed by atoms with Crippen LogP contribution in [-0.2, 0) is 0 Å². The molecule has 0 bridgehead atoms. The molecule has 0 aliphatic heterocycles. The first-order valence-corrected chi connectivity index (χ1v) is 6.23. The number of hydrogen-bond acceptors (Lipinski definition) is 2. The van der Waals surface area contributed by atoms with Gasteiger partial charge in [-0.15, -0.1) is 0 Å². The second kappa shape index (κ2) is 5.78. The van der Waals surface area contributed by atoms with E-state index < -0.39 is 0 Å². The van der Waals surface area contributed by atoms with Crippen LogP contribution >= 0.6 is 11.6 Å². The van der Waals surface area contributed by atoms with Crippen LogP contribution < -0.4 is 10.1 Å². The van der Waals surface area contributed by atoms with Gasteiger partial charge in [-0.25, -0.2) is 0 Å². The standard InChI is InChI=1S/C15H16ClNO/c1-11(14-5-3-4-6-15(14)18-2)17-13-9-7-12(16)8-10-13/h3-11,17H,1-2H3. The molecule has 2 nitrogen and oxygen atoms in total. The number of halogens is 1. The fourth-order valence-corrected chi connectivity index (χ4v) is 2.02. The fourth-order valence-electron chi connectivity index (χ4n) is 1.90. The summed E-state index contributed by atoms with van der Waals surface area (Å²) in [5.74, 6) is 0.895. The normalized spacial score (nSPS) is 11.9. The van der Waals surface area contributed by atoms with E-state index in [0.29, 0.717) is 0 Å². The summed E-state index contributed by atoms with van der Waals surface area (Å²) in [4.78, 5) is 0. The van der Waals surface area contributed by atoms with Crippen molar-refractivity contribution in [2.75, 3.05) is 12.4 Å². The molecule has 0 aliphatic rings. The zero-order chi connectivity index (χ0) is 13.0. The first-order valence-electron chi connectivity index (χ1n) is 5.85. The van der Waals surface area contributed by atoms with E-state index in [1.54, 1.807) is 7.11 Å². The summed E-state index contributed by atoms with van der Waals surface area (Å²) in [7, 11) is 1.69. The zero-order valence-corrected chi connectivity index (χ0v) is 11.2. The van der Waals surface area contributed by atoms with Gasteiger partial charge in [0.15, 0.2) is 0 Å². The van der Waals surface area contributed by atoms with Gasteiger partial charge in [-0.2, -0.15) is 0 Å². The molecule has 0 amide bonds. The number of hydrogen-bond donors (Lipinski definition) is 1. The lowest BCUT2D eigenvalue weighted by Gasteiger charge is -2.18. The summed E-state index contributed by atoms with van der Waals surface area (Å²) in [6, 6.07) is 15.9. The van der Waals surface area contributed by atoms with Gasteiger partial charge in [0.05, 0.1) is 13.2 Å². The van der Waals surface area contributed by atoms with Crippen LogP contribution in [0.1, 0.15) is 18.5 Å². The molecule has 0 aliphatic carbocycles. The van der Waals surface area contributed by atoms with Gasteiger partial charge in [-0.05, 0) is 37.3 Å². The minimum atomic E-state index is 0.169. The predicted octanol–water partition coefficient (Wildman–Crippen LogP) is 4.52. The van der Waals surface area contributed by atoms with Gasteiger partial charge in [-0.1, -0.05) is 29.8 Å². The molecule has 0 saturated carbocycles. The Balaban J connectivity index is 2.16. The number of nitrogens with one attached hydrogen (secondary N) is 1. The summed E-state index contributed by atoms with van der Waals surface area (Å²) < 4.78 is 5.36. The lowest BCUT2D eigenvalue weighted by Crippen LogP contribution is -2.07. The Morgan fingerprint density at radius 1 is 1.06 bits per heavy atom. The van der Waals surface area contributed by atoms with Crippen LogP contribution in [0.25, 0.3) is 0 Å². The van der Waals surface area contributed by atoms with Crippen molar-refractivity contribution in [3.63, 3.8) is 0 Å². The SMILES string of the molecule is COc1ccccc1C(C)Nc1ccc(Cl)cc1. The van der Waals surface area contributed by atoms with E-state index in [2.05, 4.69) is 18.3 Å². The lowest BCUT2D eigenvalue weighted by molar-refractivity contribution is 0.408. The minimum absolute atomic E-state index is 0.169. The van der Waals surface area contributed by atoms with Gasteiger partial charge in [0, 0.05) is 16.3 Å². The Kier molecular flexibility index (Phi) is 4.11. The molecule has 2 aromatic rings. The molecule has 1 N–H and O–H groups in total. The average Bonchev–Trinajstić information content (AvgIpc) is 2.41.